The molecule has 1 amide bonds. The van der Waals surface area contributed by atoms with Gasteiger partial charge < -0.3 is 10.6 Å². The van der Waals surface area contributed by atoms with Gasteiger partial charge in [-0.05, 0) is 51.0 Å². The Hall–Kier alpha value is -0.570. The van der Waals surface area contributed by atoms with E-state index in [1.165, 1.54) is 38.5 Å². The van der Waals surface area contributed by atoms with Gasteiger partial charge in [0.05, 0.1) is 0 Å². The first-order chi connectivity index (χ1) is 8.31. The lowest BCUT2D eigenvalue weighted by atomic mass is 9.96. The Morgan fingerprint density at radius 2 is 1.82 bits per heavy atom. The van der Waals surface area contributed by atoms with Crippen LogP contribution in [-0.4, -0.2) is 29.9 Å². The second kappa shape index (κ2) is 6.39. The number of carbonyl (C=O) groups is 1. The van der Waals surface area contributed by atoms with Crippen molar-refractivity contribution in [1.29, 1.82) is 0 Å². The maximum absolute atomic E-state index is 12.3. The van der Waals surface area contributed by atoms with Crippen LogP contribution < -0.4 is 5.73 Å². The molecule has 2 fully saturated rings. The average Bonchev–Trinajstić information content (AvgIpc) is 2.83. The minimum absolute atomic E-state index is 0.398. The summed E-state index contributed by atoms with van der Waals surface area (Å²) in [6.07, 6.45) is 10.6. The molecule has 0 spiro atoms. The Morgan fingerprint density at radius 3 is 2.53 bits per heavy atom. The zero-order chi connectivity index (χ0) is 12.1. The zero-order valence-electron chi connectivity index (χ0n) is 10.9. The molecule has 98 valence electrons. The van der Waals surface area contributed by atoms with Gasteiger partial charge in [-0.25, -0.2) is 0 Å². The molecule has 1 atom stereocenters. The van der Waals surface area contributed by atoms with E-state index in [4.69, 9.17) is 5.73 Å². The summed E-state index contributed by atoms with van der Waals surface area (Å²) in [4.78, 5) is 14.5. The van der Waals surface area contributed by atoms with Crippen molar-refractivity contribution in [2.75, 3.05) is 13.1 Å². The molecule has 1 unspecified atom stereocenters. The molecular formula is C14H26N2O. The number of amides is 1. The topological polar surface area (TPSA) is 46.3 Å². The first-order valence-corrected chi connectivity index (χ1v) is 7.31. The third kappa shape index (κ3) is 3.44. The maximum Gasteiger partial charge on any atom is 0.223 e. The molecule has 2 N–H and O–H groups in total. The second-order valence-electron chi connectivity index (χ2n) is 5.67. The molecule has 2 rings (SSSR count). The van der Waals surface area contributed by atoms with Crippen molar-refractivity contribution in [2.45, 2.75) is 63.8 Å². The fraction of sp³-hybridized carbons (Fsp3) is 0.929. The average molecular weight is 238 g/mol. The van der Waals surface area contributed by atoms with Crippen LogP contribution >= 0.6 is 0 Å². The molecule has 0 radical (unpaired) electrons. The van der Waals surface area contributed by atoms with Crippen LogP contribution in [0.4, 0.5) is 0 Å². The lowest BCUT2D eigenvalue weighted by Crippen LogP contribution is -2.45. The van der Waals surface area contributed by atoms with Gasteiger partial charge >= 0.3 is 0 Å². The summed E-state index contributed by atoms with van der Waals surface area (Å²) < 4.78 is 0. The number of likely N-dealkylation sites (tertiary alicyclic amines) is 1. The molecule has 0 aromatic carbocycles. The van der Waals surface area contributed by atoms with Crippen molar-refractivity contribution in [3.8, 4) is 0 Å². The van der Waals surface area contributed by atoms with Crippen molar-refractivity contribution in [3.05, 3.63) is 0 Å². The van der Waals surface area contributed by atoms with Crippen LogP contribution in [0.3, 0.4) is 0 Å². The molecule has 1 saturated carbocycles. The molecule has 1 aliphatic carbocycles. The summed E-state index contributed by atoms with van der Waals surface area (Å²) in [7, 11) is 0. The van der Waals surface area contributed by atoms with Gasteiger partial charge in [-0.3, -0.25) is 4.79 Å². The maximum atomic E-state index is 12.3. The number of rotatable bonds is 4. The first-order valence-electron chi connectivity index (χ1n) is 7.31. The summed E-state index contributed by atoms with van der Waals surface area (Å²) in [6.45, 7) is 1.67. The van der Waals surface area contributed by atoms with E-state index >= 15 is 0 Å². The highest BCUT2D eigenvalue weighted by Crippen LogP contribution is 2.29. The smallest absolute Gasteiger partial charge is 0.223 e. The van der Waals surface area contributed by atoms with Crippen LogP contribution in [0.25, 0.3) is 0 Å². The molecule has 1 heterocycles. The number of carbonyl (C=O) groups excluding carboxylic acids is 1. The van der Waals surface area contributed by atoms with Crippen molar-refractivity contribution in [2.24, 2.45) is 11.7 Å². The summed E-state index contributed by atoms with van der Waals surface area (Å²) >= 11 is 0. The van der Waals surface area contributed by atoms with Crippen molar-refractivity contribution in [3.63, 3.8) is 0 Å². The van der Waals surface area contributed by atoms with Crippen molar-refractivity contribution < 1.29 is 4.79 Å². The molecule has 2 aliphatic rings. The Labute approximate surface area is 105 Å². The van der Waals surface area contributed by atoms with Gasteiger partial charge in [-0.15, -0.1) is 0 Å². The van der Waals surface area contributed by atoms with E-state index in [9.17, 15) is 4.79 Å². The molecule has 0 aromatic heterocycles. The Balaban J connectivity index is 1.86. The van der Waals surface area contributed by atoms with E-state index in [1.807, 2.05) is 0 Å². The predicted octanol–water partition coefficient (Wildman–Crippen LogP) is 2.30. The Bertz CT molecular complexity index is 247. The van der Waals surface area contributed by atoms with Crippen LogP contribution in [-0.2, 0) is 4.79 Å². The first kappa shape index (κ1) is 12.9. The fourth-order valence-electron chi connectivity index (χ4n) is 3.40. The Kier molecular flexibility index (Phi) is 4.84. The lowest BCUT2D eigenvalue weighted by molar-refractivity contribution is -0.136. The van der Waals surface area contributed by atoms with Crippen LogP contribution in [0.5, 0.6) is 0 Å². The minimum Gasteiger partial charge on any atom is -0.340 e. The minimum atomic E-state index is 0.398. The largest absolute Gasteiger partial charge is 0.340 e. The van der Waals surface area contributed by atoms with Gasteiger partial charge in [0.1, 0.15) is 0 Å². The molecule has 3 nitrogen and oxygen atoms in total. The SMILES string of the molecule is NCCC1CCCCN1C(=O)CC1CCCC1. The fourth-order valence-corrected chi connectivity index (χ4v) is 3.40. The quantitative estimate of drug-likeness (QED) is 0.817. The predicted molar refractivity (Wildman–Crippen MR) is 69.6 cm³/mol. The monoisotopic (exact) mass is 238 g/mol. The number of hydrogen-bond donors (Lipinski definition) is 1. The third-order valence-corrected chi connectivity index (χ3v) is 4.39. The summed E-state index contributed by atoms with van der Waals surface area (Å²) in [5.74, 6) is 1.07. The van der Waals surface area contributed by atoms with Crippen LogP contribution in [0.15, 0.2) is 0 Å². The van der Waals surface area contributed by atoms with Gasteiger partial charge in [0.2, 0.25) is 5.91 Å². The molecule has 0 aromatic rings. The number of nitrogens with two attached hydrogens (primary N) is 1. The van der Waals surface area contributed by atoms with Gasteiger partial charge in [0, 0.05) is 19.0 Å². The van der Waals surface area contributed by atoms with Gasteiger partial charge in [0.15, 0.2) is 0 Å². The third-order valence-electron chi connectivity index (χ3n) is 4.39. The van der Waals surface area contributed by atoms with Crippen LogP contribution in [0, 0.1) is 5.92 Å². The highest BCUT2D eigenvalue weighted by atomic mass is 16.2. The highest BCUT2D eigenvalue weighted by molar-refractivity contribution is 5.77. The lowest BCUT2D eigenvalue weighted by Gasteiger charge is -2.36. The van der Waals surface area contributed by atoms with Gasteiger partial charge in [-0.1, -0.05) is 12.8 Å². The van der Waals surface area contributed by atoms with E-state index in [2.05, 4.69) is 4.90 Å². The van der Waals surface area contributed by atoms with E-state index in [0.717, 1.165) is 25.8 Å². The van der Waals surface area contributed by atoms with E-state index in [0.29, 0.717) is 24.4 Å². The standard InChI is InChI=1S/C14H26N2O/c15-9-8-13-7-3-4-10-16(13)14(17)11-12-5-1-2-6-12/h12-13H,1-11,15H2. The highest BCUT2D eigenvalue weighted by Gasteiger charge is 2.28. The van der Waals surface area contributed by atoms with Crippen LogP contribution in [0.2, 0.25) is 0 Å². The Morgan fingerprint density at radius 1 is 1.12 bits per heavy atom. The van der Waals surface area contributed by atoms with Crippen LogP contribution in [0.1, 0.15) is 57.8 Å². The second-order valence-corrected chi connectivity index (χ2v) is 5.67. The van der Waals surface area contributed by atoms with E-state index in [1.54, 1.807) is 0 Å². The number of piperidine rings is 1. The molecular weight excluding hydrogens is 212 g/mol. The van der Waals surface area contributed by atoms with Crippen molar-refractivity contribution in [1.82, 2.24) is 4.90 Å². The molecule has 0 bridgehead atoms. The summed E-state index contributed by atoms with van der Waals surface area (Å²) in [5.41, 5.74) is 5.65. The van der Waals surface area contributed by atoms with Crippen molar-refractivity contribution >= 4 is 5.91 Å². The number of nitrogens with zero attached hydrogens (tertiary/aromatic N) is 1. The molecule has 1 saturated heterocycles. The van der Waals surface area contributed by atoms with Gasteiger partial charge in [0.25, 0.3) is 0 Å². The normalized spacial score (nSPS) is 26.4. The summed E-state index contributed by atoms with van der Waals surface area (Å²) in [5, 5.41) is 0. The van der Waals surface area contributed by atoms with Gasteiger partial charge in [-0.2, -0.15) is 0 Å². The van der Waals surface area contributed by atoms with E-state index in [-0.39, 0.29) is 0 Å². The molecule has 3 heteroatoms. The number of hydrogen-bond acceptors (Lipinski definition) is 2. The van der Waals surface area contributed by atoms with E-state index < -0.39 is 0 Å². The summed E-state index contributed by atoms with van der Waals surface area (Å²) in [6, 6.07) is 0.433. The molecule has 1 aliphatic heterocycles. The zero-order valence-corrected chi connectivity index (χ0v) is 10.9. The molecule has 17 heavy (non-hydrogen) atoms.